The van der Waals surface area contributed by atoms with E-state index in [1.807, 2.05) is 47.5 Å². The third-order valence-corrected chi connectivity index (χ3v) is 4.51. The fraction of sp³-hybridized carbons (Fsp3) is 0.278. The summed E-state index contributed by atoms with van der Waals surface area (Å²) in [6.07, 6.45) is 1.81. The normalized spacial score (nSPS) is 14.8. The Bertz CT molecular complexity index is 864. The number of benzene rings is 1. The number of aromatic nitrogens is 3. The summed E-state index contributed by atoms with van der Waals surface area (Å²) in [5, 5.41) is 2.67. The van der Waals surface area contributed by atoms with E-state index in [4.69, 9.17) is 0 Å². The Morgan fingerprint density at radius 3 is 2.72 bits per heavy atom. The van der Waals surface area contributed by atoms with Gasteiger partial charge in [-0.05, 0) is 24.3 Å². The number of hydrogen-bond donors (Lipinski definition) is 2. The first-order chi connectivity index (χ1) is 12.2. The molecule has 25 heavy (non-hydrogen) atoms. The molecule has 0 aliphatic carbocycles. The van der Waals surface area contributed by atoms with Crippen LogP contribution in [0.4, 0.5) is 10.6 Å². The summed E-state index contributed by atoms with van der Waals surface area (Å²) in [7, 11) is 1.66. The number of aromatic amines is 1. The number of amides is 2. The van der Waals surface area contributed by atoms with Gasteiger partial charge in [0.15, 0.2) is 0 Å². The van der Waals surface area contributed by atoms with Gasteiger partial charge >= 0.3 is 6.03 Å². The van der Waals surface area contributed by atoms with Crippen molar-refractivity contribution in [3.63, 3.8) is 0 Å². The van der Waals surface area contributed by atoms with E-state index in [1.54, 1.807) is 7.05 Å². The maximum Gasteiger partial charge on any atom is 0.317 e. The lowest BCUT2D eigenvalue weighted by atomic mass is 10.2. The number of imidazole rings is 1. The van der Waals surface area contributed by atoms with Crippen molar-refractivity contribution in [2.24, 2.45) is 0 Å². The zero-order chi connectivity index (χ0) is 17.2. The molecule has 3 aromatic rings. The molecule has 0 bridgehead atoms. The van der Waals surface area contributed by atoms with Crippen LogP contribution in [-0.2, 0) is 0 Å². The molecule has 0 atom stereocenters. The lowest BCUT2D eigenvalue weighted by Crippen LogP contribution is -2.51. The molecule has 0 spiro atoms. The fourth-order valence-corrected chi connectivity index (χ4v) is 3.12. The van der Waals surface area contributed by atoms with Crippen molar-refractivity contribution in [1.82, 2.24) is 25.2 Å². The second-order valence-electron chi connectivity index (χ2n) is 6.03. The Morgan fingerprint density at radius 1 is 1.16 bits per heavy atom. The van der Waals surface area contributed by atoms with E-state index in [0.29, 0.717) is 13.1 Å². The lowest BCUT2D eigenvalue weighted by molar-refractivity contribution is 0.196. The van der Waals surface area contributed by atoms with E-state index < -0.39 is 0 Å². The molecular weight excluding hydrogens is 316 g/mol. The summed E-state index contributed by atoms with van der Waals surface area (Å²) in [5.41, 5.74) is 2.99. The van der Waals surface area contributed by atoms with Gasteiger partial charge in [-0.1, -0.05) is 12.1 Å². The molecule has 1 aromatic carbocycles. The molecule has 2 N–H and O–H groups in total. The van der Waals surface area contributed by atoms with Gasteiger partial charge in [0.25, 0.3) is 0 Å². The summed E-state index contributed by atoms with van der Waals surface area (Å²) in [5.74, 6) is 1.75. The van der Waals surface area contributed by atoms with E-state index in [9.17, 15) is 4.79 Å². The van der Waals surface area contributed by atoms with Crippen LogP contribution in [0.15, 0.2) is 42.6 Å². The van der Waals surface area contributed by atoms with Gasteiger partial charge in [-0.2, -0.15) is 0 Å². The SMILES string of the molecule is CNC(=O)N1CCN(c2cc(-c3nc4ccccc4[nH]3)ccn2)CC1. The molecule has 7 nitrogen and oxygen atoms in total. The number of pyridine rings is 1. The van der Waals surface area contributed by atoms with Crippen LogP contribution in [0.5, 0.6) is 0 Å². The Morgan fingerprint density at radius 2 is 1.96 bits per heavy atom. The van der Waals surface area contributed by atoms with Crippen molar-refractivity contribution in [1.29, 1.82) is 0 Å². The van der Waals surface area contributed by atoms with Gasteiger partial charge in [-0.25, -0.2) is 14.8 Å². The van der Waals surface area contributed by atoms with Crippen molar-refractivity contribution in [3.8, 4) is 11.4 Å². The number of urea groups is 1. The number of hydrogen-bond acceptors (Lipinski definition) is 4. The molecule has 3 heterocycles. The highest BCUT2D eigenvalue weighted by Crippen LogP contribution is 2.23. The van der Waals surface area contributed by atoms with Crippen molar-refractivity contribution >= 4 is 22.9 Å². The average Bonchev–Trinajstić information content (AvgIpc) is 3.12. The van der Waals surface area contributed by atoms with Crippen molar-refractivity contribution in [2.75, 3.05) is 38.1 Å². The zero-order valence-corrected chi connectivity index (χ0v) is 14.1. The summed E-state index contributed by atoms with van der Waals surface area (Å²) < 4.78 is 0. The van der Waals surface area contributed by atoms with Gasteiger partial charge in [-0.3, -0.25) is 0 Å². The summed E-state index contributed by atoms with van der Waals surface area (Å²) in [6, 6.07) is 12.0. The van der Waals surface area contributed by atoms with Crippen molar-refractivity contribution in [2.45, 2.75) is 0 Å². The van der Waals surface area contributed by atoms with Crippen LogP contribution in [0, 0.1) is 0 Å². The lowest BCUT2D eigenvalue weighted by Gasteiger charge is -2.35. The number of piperazine rings is 1. The highest BCUT2D eigenvalue weighted by molar-refractivity contribution is 5.79. The van der Waals surface area contributed by atoms with Gasteiger partial charge in [0.05, 0.1) is 11.0 Å². The van der Waals surface area contributed by atoms with Crippen LogP contribution in [-0.4, -0.2) is 59.1 Å². The van der Waals surface area contributed by atoms with Gasteiger partial charge in [0, 0.05) is 45.0 Å². The minimum Gasteiger partial charge on any atom is -0.353 e. The van der Waals surface area contributed by atoms with Crippen LogP contribution in [0.25, 0.3) is 22.4 Å². The number of para-hydroxylation sites is 2. The second-order valence-corrected chi connectivity index (χ2v) is 6.03. The van der Waals surface area contributed by atoms with Crippen LogP contribution in [0.2, 0.25) is 0 Å². The van der Waals surface area contributed by atoms with E-state index in [1.165, 1.54) is 0 Å². The molecule has 7 heteroatoms. The molecule has 1 aliphatic rings. The number of carbonyl (C=O) groups excluding carboxylic acids is 1. The first kappa shape index (κ1) is 15.4. The summed E-state index contributed by atoms with van der Waals surface area (Å²) in [6.45, 7) is 2.92. The molecule has 1 saturated heterocycles. The molecule has 0 saturated carbocycles. The quantitative estimate of drug-likeness (QED) is 0.751. The first-order valence-corrected chi connectivity index (χ1v) is 8.37. The van der Waals surface area contributed by atoms with E-state index >= 15 is 0 Å². The molecule has 0 radical (unpaired) electrons. The smallest absolute Gasteiger partial charge is 0.317 e. The Labute approximate surface area is 145 Å². The standard InChI is InChI=1S/C18H20N6O/c1-19-18(25)24-10-8-23(9-11-24)16-12-13(6-7-20-16)17-21-14-4-2-3-5-15(14)22-17/h2-7,12H,8-11H2,1H3,(H,19,25)(H,21,22). The average molecular weight is 336 g/mol. The molecular formula is C18H20N6O. The van der Waals surface area contributed by atoms with Crippen LogP contribution < -0.4 is 10.2 Å². The molecule has 0 unspecified atom stereocenters. The maximum absolute atomic E-state index is 11.7. The highest BCUT2D eigenvalue weighted by atomic mass is 16.2. The van der Waals surface area contributed by atoms with E-state index in [0.717, 1.165) is 41.3 Å². The minimum atomic E-state index is -0.0244. The summed E-state index contributed by atoms with van der Waals surface area (Å²) >= 11 is 0. The van der Waals surface area contributed by atoms with Crippen LogP contribution in [0.3, 0.4) is 0 Å². The van der Waals surface area contributed by atoms with Crippen molar-refractivity contribution in [3.05, 3.63) is 42.6 Å². The van der Waals surface area contributed by atoms with Gasteiger partial charge in [-0.15, -0.1) is 0 Å². The van der Waals surface area contributed by atoms with Crippen LogP contribution >= 0.6 is 0 Å². The number of nitrogens with one attached hydrogen (secondary N) is 2. The third kappa shape index (κ3) is 3.00. The molecule has 4 rings (SSSR count). The Hall–Kier alpha value is -3.09. The first-order valence-electron chi connectivity index (χ1n) is 8.37. The summed E-state index contributed by atoms with van der Waals surface area (Å²) in [4.78, 5) is 28.2. The molecule has 1 aliphatic heterocycles. The van der Waals surface area contributed by atoms with E-state index in [2.05, 4.69) is 25.2 Å². The number of nitrogens with zero attached hydrogens (tertiary/aromatic N) is 4. The largest absolute Gasteiger partial charge is 0.353 e. The van der Waals surface area contributed by atoms with Crippen LogP contribution in [0.1, 0.15) is 0 Å². The number of anilines is 1. The topological polar surface area (TPSA) is 77.2 Å². The fourth-order valence-electron chi connectivity index (χ4n) is 3.12. The number of rotatable bonds is 2. The molecule has 2 aromatic heterocycles. The van der Waals surface area contributed by atoms with Gasteiger partial charge in [0.1, 0.15) is 11.6 Å². The predicted octanol–water partition coefficient (Wildman–Crippen LogP) is 2.09. The zero-order valence-electron chi connectivity index (χ0n) is 14.1. The highest BCUT2D eigenvalue weighted by Gasteiger charge is 2.21. The molecule has 128 valence electrons. The van der Waals surface area contributed by atoms with E-state index in [-0.39, 0.29) is 6.03 Å². The maximum atomic E-state index is 11.7. The minimum absolute atomic E-state index is 0.0244. The number of fused-ring (bicyclic) bond motifs is 1. The van der Waals surface area contributed by atoms with Crippen molar-refractivity contribution < 1.29 is 4.79 Å². The monoisotopic (exact) mass is 336 g/mol. The Kier molecular flexibility index (Phi) is 3.97. The second kappa shape index (κ2) is 6.43. The molecule has 2 amide bonds. The number of H-pyrrole nitrogens is 1. The third-order valence-electron chi connectivity index (χ3n) is 4.51. The predicted molar refractivity (Wildman–Crippen MR) is 97.6 cm³/mol. The molecule has 1 fully saturated rings. The number of carbonyl (C=O) groups is 1. The Balaban J connectivity index is 1.55. The van der Waals surface area contributed by atoms with Gasteiger partial charge in [0.2, 0.25) is 0 Å². The van der Waals surface area contributed by atoms with Gasteiger partial charge < -0.3 is 20.1 Å².